The first kappa shape index (κ1) is 21.1. The number of nitrogens with zero attached hydrogens (tertiary/aromatic N) is 3. The summed E-state index contributed by atoms with van der Waals surface area (Å²) in [6.07, 6.45) is 0.755. The van der Waals surface area contributed by atoms with E-state index in [1.165, 1.54) is 11.9 Å². The van der Waals surface area contributed by atoms with E-state index >= 15 is 0 Å². The highest BCUT2D eigenvalue weighted by Crippen LogP contribution is 2.37. The van der Waals surface area contributed by atoms with Crippen molar-refractivity contribution in [1.82, 2.24) is 19.7 Å². The Morgan fingerprint density at radius 3 is 2.24 bits per heavy atom. The number of likely N-dealkylation sites (N-methyl/N-ethyl adjacent to an activating group) is 1. The van der Waals surface area contributed by atoms with Gasteiger partial charge in [0.05, 0.1) is 0 Å². The Morgan fingerprint density at radius 2 is 1.72 bits per heavy atom. The van der Waals surface area contributed by atoms with Crippen molar-refractivity contribution >= 4 is 17.8 Å². The number of hydrogen-bond acceptors (Lipinski definition) is 4. The molecule has 2 fully saturated rings. The van der Waals surface area contributed by atoms with Crippen LogP contribution in [0, 0.1) is 5.92 Å². The van der Waals surface area contributed by atoms with Crippen LogP contribution < -0.4 is 5.56 Å². The van der Waals surface area contributed by atoms with Crippen LogP contribution in [-0.4, -0.2) is 69.8 Å². The minimum absolute atomic E-state index is 0.107. The average Bonchev–Trinajstić information content (AvgIpc) is 2.84. The van der Waals surface area contributed by atoms with Crippen LogP contribution in [0.2, 0.25) is 0 Å². The van der Waals surface area contributed by atoms with E-state index in [2.05, 4.69) is 4.98 Å². The number of hydrogen-bond donors (Lipinski definition) is 1. The van der Waals surface area contributed by atoms with E-state index in [1.807, 2.05) is 27.7 Å². The van der Waals surface area contributed by atoms with Gasteiger partial charge in [0.1, 0.15) is 11.1 Å². The first-order chi connectivity index (χ1) is 13.6. The molecule has 158 valence electrons. The molecule has 8 heteroatoms. The quantitative estimate of drug-likeness (QED) is 0.780. The molecule has 0 bridgehead atoms. The third-order valence-corrected chi connectivity index (χ3v) is 5.95. The van der Waals surface area contributed by atoms with Gasteiger partial charge in [0, 0.05) is 32.4 Å². The van der Waals surface area contributed by atoms with Crippen LogP contribution >= 0.6 is 0 Å². The number of rotatable bonds is 4. The molecule has 0 aliphatic carbocycles. The van der Waals surface area contributed by atoms with E-state index in [-0.39, 0.29) is 35.2 Å². The molecule has 0 aromatic carbocycles. The predicted molar refractivity (Wildman–Crippen MR) is 109 cm³/mol. The van der Waals surface area contributed by atoms with E-state index in [0.717, 1.165) is 5.69 Å². The van der Waals surface area contributed by atoms with E-state index in [0.29, 0.717) is 32.5 Å². The molecule has 1 N–H and O–H groups in total. The summed E-state index contributed by atoms with van der Waals surface area (Å²) in [4.78, 5) is 58.0. The molecule has 4 amide bonds. The molecule has 0 radical (unpaired) electrons. The zero-order valence-electron chi connectivity index (χ0n) is 17.8. The Hall–Kier alpha value is -2.64. The van der Waals surface area contributed by atoms with Gasteiger partial charge in [-0.15, -0.1) is 0 Å². The third kappa shape index (κ3) is 3.56. The van der Waals surface area contributed by atoms with Crippen molar-refractivity contribution in [2.24, 2.45) is 5.92 Å². The van der Waals surface area contributed by atoms with Crippen LogP contribution in [0.5, 0.6) is 0 Å². The number of likely N-dealkylation sites (tertiary alicyclic amines) is 1. The van der Waals surface area contributed by atoms with E-state index in [4.69, 9.17) is 0 Å². The topological polar surface area (TPSA) is 93.8 Å². The molecule has 3 rings (SSSR count). The molecule has 3 heterocycles. The average molecular weight is 402 g/mol. The third-order valence-electron chi connectivity index (χ3n) is 5.95. The van der Waals surface area contributed by atoms with Crippen molar-refractivity contribution < 1.29 is 14.4 Å². The number of urea groups is 1. The van der Waals surface area contributed by atoms with Gasteiger partial charge in [-0.1, -0.05) is 27.7 Å². The van der Waals surface area contributed by atoms with E-state index < -0.39 is 11.1 Å². The number of aromatic nitrogens is 1. The van der Waals surface area contributed by atoms with Gasteiger partial charge in [0.2, 0.25) is 0 Å². The maximum atomic E-state index is 12.9. The lowest BCUT2D eigenvalue weighted by atomic mass is 9.85. The maximum Gasteiger partial charge on any atom is 0.327 e. The number of nitrogens with one attached hydrogen (secondary N) is 1. The van der Waals surface area contributed by atoms with Crippen LogP contribution in [0.4, 0.5) is 4.79 Å². The first-order valence-electron chi connectivity index (χ1n) is 10.2. The highest BCUT2D eigenvalue weighted by Gasteiger charge is 2.57. The lowest BCUT2D eigenvalue weighted by Crippen LogP contribution is -2.58. The Labute approximate surface area is 170 Å². The number of piperidine rings is 1. The van der Waals surface area contributed by atoms with Crippen molar-refractivity contribution in [2.75, 3.05) is 26.7 Å². The van der Waals surface area contributed by atoms with E-state index in [1.54, 1.807) is 21.9 Å². The standard InChI is InChI=1S/C21H30N4O4/c1-13(2)12-25-20(29)23(5)19(28)21(25)8-10-24(11-9-21)18(27)15-6-7-16(14(3)4)22-17(15)26/h6-7,13-14H,8-12H2,1-5H3,(H,22,26). The molecule has 1 aromatic rings. The summed E-state index contributed by atoms with van der Waals surface area (Å²) in [7, 11) is 1.51. The molecule has 0 saturated carbocycles. The van der Waals surface area contributed by atoms with Gasteiger partial charge in [-0.3, -0.25) is 19.3 Å². The van der Waals surface area contributed by atoms with Crippen molar-refractivity contribution in [1.29, 1.82) is 0 Å². The van der Waals surface area contributed by atoms with Gasteiger partial charge in [0.15, 0.2) is 0 Å². The Bertz CT molecular complexity index is 881. The second-order valence-corrected chi connectivity index (χ2v) is 8.79. The Kier molecular flexibility index (Phi) is 5.56. The van der Waals surface area contributed by atoms with Crippen LogP contribution in [0.25, 0.3) is 0 Å². The predicted octanol–water partition coefficient (Wildman–Crippen LogP) is 2.02. The highest BCUT2D eigenvalue weighted by atomic mass is 16.2. The van der Waals surface area contributed by atoms with Crippen molar-refractivity contribution in [3.63, 3.8) is 0 Å². The summed E-state index contributed by atoms with van der Waals surface area (Å²) in [6, 6.07) is 3.07. The van der Waals surface area contributed by atoms with Gasteiger partial charge >= 0.3 is 6.03 Å². The summed E-state index contributed by atoms with van der Waals surface area (Å²) in [6.45, 7) is 9.11. The van der Waals surface area contributed by atoms with Crippen LogP contribution in [-0.2, 0) is 4.79 Å². The minimum Gasteiger partial charge on any atom is -0.338 e. The Balaban J connectivity index is 1.79. The number of pyridine rings is 1. The fraction of sp³-hybridized carbons (Fsp3) is 0.619. The minimum atomic E-state index is -0.888. The monoisotopic (exact) mass is 402 g/mol. The largest absolute Gasteiger partial charge is 0.338 e. The van der Waals surface area contributed by atoms with Gasteiger partial charge in [0.25, 0.3) is 17.4 Å². The zero-order chi connectivity index (χ0) is 21.5. The molecule has 2 aliphatic heterocycles. The normalized spacial score (nSPS) is 19.2. The van der Waals surface area contributed by atoms with Crippen molar-refractivity contribution in [3.8, 4) is 0 Å². The number of carbonyl (C=O) groups is 3. The SMILES string of the molecule is CC(C)CN1C(=O)N(C)C(=O)C12CCN(C(=O)c1ccc(C(C)C)[nH]c1=O)CC2. The molecule has 2 aliphatic rings. The van der Waals surface area contributed by atoms with Crippen LogP contribution in [0.3, 0.4) is 0 Å². The van der Waals surface area contributed by atoms with Crippen LogP contribution in [0.1, 0.15) is 62.5 Å². The molecule has 1 aromatic heterocycles. The van der Waals surface area contributed by atoms with Gasteiger partial charge in [-0.2, -0.15) is 0 Å². The van der Waals surface area contributed by atoms with Crippen molar-refractivity contribution in [2.45, 2.75) is 52.0 Å². The fourth-order valence-corrected chi connectivity index (χ4v) is 4.22. The van der Waals surface area contributed by atoms with Crippen molar-refractivity contribution in [3.05, 3.63) is 33.7 Å². The smallest absolute Gasteiger partial charge is 0.327 e. The molecule has 29 heavy (non-hydrogen) atoms. The maximum absolute atomic E-state index is 12.9. The fourth-order valence-electron chi connectivity index (χ4n) is 4.22. The molecule has 0 unspecified atom stereocenters. The van der Waals surface area contributed by atoms with Gasteiger partial charge < -0.3 is 14.8 Å². The number of carbonyl (C=O) groups excluding carboxylic acids is 3. The lowest BCUT2D eigenvalue weighted by molar-refractivity contribution is -0.134. The van der Waals surface area contributed by atoms with E-state index in [9.17, 15) is 19.2 Å². The summed E-state index contributed by atoms with van der Waals surface area (Å²) in [5, 5.41) is 0. The van der Waals surface area contributed by atoms with Gasteiger partial charge in [-0.05, 0) is 36.8 Å². The molecular weight excluding hydrogens is 372 g/mol. The summed E-state index contributed by atoms with van der Waals surface area (Å²) in [5.41, 5.74) is -0.391. The second kappa shape index (κ2) is 7.65. The lowest BCUT2D eigenvalue weighted by Gasteiger charge is -2.42. The highest BCUT2D eigenvalue weighted by molar-refractivity contribution is 6.07. The molecule has 8 nitrogen and oxygen atoms in total. The summed E-state index contributed by atoms with van der Waals surface area (Å²) < 4.78 is 0. The first-order valence-corrected chi connectivity index (χ1v) is 10.2. The second-order valence-electron chi connectivity index (χ2n) is 8.79. The zero-order valence-corrected chi connectivity index (χ0v) is 17.8. The molecular formula is C21H30N4O4. The van der Waals surface area contributed by atoms with Crippen LogP contribution in [0.15, 0.2) is 16.9 Å². The van der Waals surface area contributed by atoms with Gasteiger partial charge in [-0.25, -0.2) is 4.79 Å². The molecule has 1 spiro atoms. The summed E-state index contributed by atoms with van der Waals surface area (Å²) in [5.74, 6) is -0.143. The summed E-state index contributed by atoms with van der Waals surface area (Å²) >= 11 is 0. The molecule has 0 atom stereocenters. The number of imide groups is 1. The number of H-pyrrole nitrogens is 1. The number of amides is 4. The number of aromatic amines is 1. The Morgan fingerprint density at radius 1 is 1.10 bits per heavy atom. The molecule has 2 saturated heterocycles.